The second kappa shape index (κ2) is 7.95. The van der Waals surface area contributed by atoms with Gasteiger partial charge in [-0.2, -0.15) is 5.10 Å². The van der Waals surface area contributed by atoms with Gasteiger partial charge in [0.2, 0.25) is 0 Å². The largest absolute Gasteiger partial charge is 0.457 e. The topological polar surface area (TPSA) is 78.3 Å². The second-order valence-corrected chi connectivity index (χ2v) is 8.84. The van der Waals surface area contributed by atoms with Crippen LogP contribution >= 0.6 is 23.2 Å². The molecule has 146 valence electrons. The highest BCUT2D eigenvalue weighted by atomic mass is 35.5. The Labute approximate surface area is 172 Å². The van der Waals surface area contributed by atoms with Crippen LogP contribution in [0.1, 0.15) is 21.6 Å². The average molecular weight is 439 g/mol. The van der Waals surface area contributed by atoms with Crippen molar-refractivity contribution in [3.63, 3.8) is 0 Å². The molecule has 0 amide bonds. The number of carbonyl (C=O) groups is 1. The summed E-state index contributed by atoms with van der Waals surface area (Å²) < 4.78 is 30.4. The summed E-state index contributed by atoms with van der Waals surface area (Å²) in [7, 11) is -3.57. The van der Waals surface area contributed by atoms with Crippen LogP contribution in [0, 0.1) is 6.92 Å². The quantitative estimate of drug-likeness (QED) is 0.556. The van der Waals surface area contributed by atoms with Gasteiger partial charge in [-0.15, -0.1) is 0 Å². The van der Waals surface area contributed by atoms with Gasteiger partial charge in [0.05, 0.1) is 26.9 Å². The molecule has 0 bridgehead atoms. The lowest BCUT2D eigenvalue weighted by Crippen LogP contribution is -2.08. The van der Waals surface area contributed by atoms with Crippen molar-refractivity contribution in [1.82, 2.24) is 9.78 Å². The third-order valence-electron chi connectivity index (χ3n) is 4.04. The Kier molecular flexibility index (Phi) is 5.79. The summed E-state index contributed by atoms with van der Waals surface area (Å²) in [6, 6.07) is 13.3. The Hall–Kier alpha value is -2.35. The summed E-state index contributed by atoms with van der Waals surface area (Å²) in [6.45, 7) is 1.66. The number of aryl methyl sites for hydroxylation is 1. The molecule has 0 aliphatic rings. The normalized spacial score (nSPS) is 11.4. The molecule has 1 aromatic heterocycles. The first-order chi connectivity index (χ1) is 13.2. The SMILES string of the molecule is Cc1nn(-c2ccccc2)c(Cl)c1COC(=O)c1ccc(Cl)c(S(C)(=O)=O)c1. The smallest absolute Gasteiger partial charge is 0.338 e. The first kappa shape index (κ1) is 20.4. The summed E-state index contributed by atoms with van der Waals surface area (Å²) in [5.41, 5.74) is 2.04. The number of sulfone groups is 1. The fourth-order valence-corrected chi connectivity index (χ4v) is 4.20. The first-order valence-electron chi connectivity index (χ1n) is 8.14. The molecule has 9 heteroatoms. The van der Waals surface area contributed by atoms with Crippen molar-refractivity contribution in [2.45, 2.75) is 18.4 Å². The minimum Gasteiger partial charge on any atom is -0.457 e. The van der Waals surface area contributed by atoms with Gasteiger partial charge in [-0.05, 0) is 37.3 Å². The van der Waals surface area contributed by atoms with Gasteiger partial charge in [-0.3, -0.25) is 0 Å². The third kappa shape index (κ3) is 4.22. The highest BCUT2D eigenvalue weighted by molar-refractivity contribution is 7.90. The number of esters is 1. The molecule has 0 N–H and O–H groups in total. The molecule has 0 spiro atoms. The van der Waals surface area contributed by atoms with Crippen LogP contribution in [-0.2, 0) is 21.2 Å². The second-order valence-electron chi connectivity index (χ2n) is 6.10. The van der Waals surface area contributed by atoms with Gasteiger partial charge in [0.15, 0.2) is 9.84 Å². The molecule has 0 saturated carbocycles. The number of nitrogens with zero attached hydrogens (tertiary/aromatic N) is 2. The van der Waals surface area contributed by atoms with Crippen LogP contribution in [-0.4, -0.2) is 30.4 Å². The van der Waals surface area contributed by atoms with Crippen LogP contribution in [0.25, 0.3) is 5.69 Å². The molecule has 0 fully saturated rings. The van der Waals surface area contributed by atoms with Gasteiger partial charge in [0.1, 0.15) is 11.8 Å². The van der Waals surface area contributed by atoms with Gasteiger partial charge in [0, 0.05) is 11.8 Å². The van der Waals surface area contributed by atoms with E-state index in [9.17, 15) is 13.2 Å². The lowest BCUT2D eigenvalue weighted by molar-refractivity contribution is 0.0472. The Bertz CT molecular complexity index is 1140. The highest BCUT2D eigenvalue weighted by Crippen LogP contribution is 2.26. The minimum absolute atomic E-state index is 0.0436. The van der Waals surface area contributed by atoms with E-state index >= 15 is 0 Å². The molecule has 0 saturated heterocycles. The van der Waals surface area contributed by atoms with E-state index in [2.05, 4.69) is 5.10 Å². The molecule has 2 aromatic carbocycles. The van der Waals surface area contributed by atoms with Crippen LogP contribution in [0.3, 0.4) is 0 Å². The van der Waals surface area contributed by atoms with Crippen LogP contribution in [0.4, 0.5) is 0 Å². The number of hydrogen-bond acceptors (Lipinski definition) is 5. The Morgan fingerprint density at radius 2 is 1.82 bits per heavy atom. The van der Waals surface area contributed by atoms with E-state index in [-0.39, 0.29) is 22.1 Å². The van der Waals surface area contributed by atoms with Crippen molar-refractivity contribution in [1.29, 1.82) is 0 Å². The molecule has 0 aliphatic carbocycles. The van der Waals surface area contributed by atoms with Gasteiger partial charge in [-0.25, -0.2) is 17.9 Å². The molecule has 0 radical (unpaired) electrons. The number of aromatic nitrogens is 2. The molecule has 0 aliphatic heterocycles. The van der Waals surface area contributed by atoms with E-state index in [0.29, 0.717) is 16.4 Å². The number of halogens is 2. The zero-order valence-electron chi connectivity index (χ0n) is 15.0. The van der Waals surface area contributed by atoms with E-state index in [0.717, 1.165) is 11.9 Å². The molecule has 1 heterocycles. The van der Waals surface area contributed by atoms with Crippen molar-refractivity contribution in [2.24, 2.45) is 0 Å². The first-order valence-corrected chi connectivity index (χ1v) is 10.8. The van der Waals surface area contributed by atoms with Crippen LogP contribution in [0.2, 0.25) is 10.2 Å². The van der Waals surface area contributed by atoms with Crippen molar-refractivity contribution < 1.29 is 17.9 Å². The monoisotopic (exact) mass is 438 g/mol. The zero-order valence-corrected chi connectivity index (χ0v) is 17.3. The molecular formula is C19H16Cl2N2O4S. The maximum Gasteiger partial charge on any atom is 0.338 e. The Morgan fingerprint density at radius 1 is 1.14 bits per heavy atom. The van der Waals surface area contributed by atoms with Crippen LogP contribution in [0.15, 0.2) is 53.4 Å². The third-order valence-corrected chi connectivity index (χ3v) is 6.00. The zero-order chi connectivity index (χ0) is 20.5. The molecule has 3 rings (SSSR count). The lowest BCUT2D eigenvalue weighted by atomic mass is 10.2. The van der Waals surface area contributed by atoms with Crippen LogP contribution < -0.4 is 0 Å². The standard InChI is InChI=1S/C19H16Cl2N2O4S/c1-12-15(18(21)23(22-12)14-6-4-3-5-7-14)11-27-19(24)13-8-9-16(20)17(10-13)28(2,25)26/h3-10H,11H2,1-2H3. The summed E-state index contributed by atoms with van der Waals surface area (Å²) in [5.74, 6) is -0.690. The van der Waals surface area contributed by atoms with E-state index < -0.39 is 15.8 Å². The predicted octanol–water partition coefficient (Wildman–Crippen LogP) is 4.25. The Balaban J connectivity index is 1.82. The lowest BCUT2D eigenvalue weighted by Gasteiger charge is -2.08. The maximum atomic E-state index is 12.4. The van der Waals surface area contributed by atoms with Gasteiger partial charge >= 0.3 is 5.97 Å². The van der Waals surface area contributed by atoms with E-state index in [4.69, 9.17) is 27.9 Å². The molecule has 6 nitrogen and oxygen atoms in total. The van der Waals surface area contributed by atoms with Gasteiger partial charge < -0.3 is 4.74 Å². The predicted molar refractivity (Wildman–Crippen MR) is 107 cm³/mol. The van der Waals surface area contributed by atoms with E-state index in [1.165, 1.54) is 18.2 Å². The number of hydrogen-bond donors (Lipinski definition) is 0. The molecular weight excluding hydrogens is 423 g/mol. The molecule has 28 heavy (non-hydrogen) atoms. The van der Waals surface area contributed by atoms with E-state index in [1.807, 2.05) is 30.3 Å². The van der Waals surface area contributed by atoms with Crippen molar-refractivity contribution >= 4 is 39.0 Å². The summed E-state index contributed by atoms with van der Waals surface area (Å²) in [5, 5.41) is 4.77. The Morgan fingerprint density at radius 3 is 2.46 bits per heavy atom. The van der Waals surface area contributed by atoms with Crippen molar-refractivity contribution in [3.8, 4) is 5.69 Å². The summed E-state index contributed by atoms with van der Waals surface area (Å²) in [6.07, 6.45) is 1.02. The number of rotatable bonds is 5. The number of para-hydroxylation sites is 1. The molecule has 0 atom stereocenters. The summed E-state index contributed by atoms with van der Waals surface area (Å²) >= 11 is 12.3. The van der Waals surface area contributed by atoms with E-state index in [1.54, 1.807) is 11.6 Å². The highest BCUT2D eigenvalue weighted by Gasteiger charge is 2.19. The summed E-state index contributed by atoms with van der Waals surface area (Å²) in [4.78, 5) is 12.2. The molecule has 0 unspecified atom stereocenters. The number of ether oxygens (including phenoxy) is 1. The van der Waals surface area contributed by atoms with Crippen LogP contribution in [0.5, 0.6) is 0 Å². The fraction of sp³-hybridized carbons (Fsp3) is 0.158. The fourth-order valence-electron chi connectivity index (χ4n) is 2.57. The van der Waals surface area contributed by atoms with Gasteiger partial charge in [-0.1, -0.05) is 41.4 Å². The molecule has 3 aromatic rings. The van der Waals surface area contributed by atoms with Gasteiger partial charge in [0.25, 0.3) is 0 Å². The van der Waals surface area contributed by atoms with Crippen molar-refractivity contribution in [2.75, 3.05) is 6.26 Å². The minimum atomic E-state index is -3.57. The maximum absolute atomic E-state index is 12.4. The number of benzene rings is 2. The van der Waals surface area contributed by atoms with Crippen molar-refractivity contribution in [3.05, 3.63) is 75.5 Å². The average Bonchev–Trinajstić information content (AvgIpc) is 2.94. The number of carbonyl (C=O) groups excluding carboxylic acids is 1.